The van der Waals surface area contributed by atoms with Gasteiger partial charge in [0, 0.05) is 12.5 Å². The number of anilines is 1. The Labute approximate surface area is 154 Å². The second kappa shape index (κ2) is 6.80. The number of nitro benzene ring substituents is 1. The Morgan fingerprint density at radius 1 is 0.889 bits per heavy atom. The maximum Gasteiger partial charge on any atom is 0.278 e. The van der Waals surface area contributed by atoms with E-state index in [1.54, 1.807) is 30.3 Å². The molecule has 0 aliphatic rings. The molecule has 4 aromatic rings. The smallest absolute Gasteiger partial charge is 0.278 e. The van der Waals surface area contributed by atoms with Crippen molar-refractivity contribution in [3.63, 3.8) is 0 Å². The van der Waals surface area contributed by atoms with Gasteiger partial charge in [-0.1, -0.05) is 42.5 Å². The van der Waals surface area contributed by atoms with Gasteiger partial charge in [-0.05, 0) is 23.8 Å². The summed E-state index contributed by atoms with van der Waals surface area (Å²) in [5.41, 5.74) is 9.75. The van der Waals surface area contributed by atoms with E-state index in [-0.39, 0.29) is 11.6 Å². The Bertz CT molecular complexity index is 1150. The van der Waals surface area contributed by atoms with Crippen molar-refractivity contribution in [2.24, 2.45) is 0 Å². The minimum Gasteiger partial charge on any atom is -0.368 e. The van der Waals surface area contributed by atoms with E-state index in [1.165, 1.54) is 6.07 Å². The summed E-state index contributed by atoms with van der Waals surface area (Å²) in [6, 6.07) is 19.8. The third-order valence-corrected chi connectivity index (χ3v) is 4.22. The first-order chi connectivity index (χ1) is 13.1. The zero-order valence-corrected chi connectivity index (χ0v) is 14.2. The Hall–Kier alpha value is -3.87. The molecule has 7 nitrogen and oxygen atoms in total. The minimum absolute atomic E-state index is 0.00493. The molecule has 27 heavy (non-hydrogen) atoms. The summed E-state index contributed by atoms with van der Waals surface area (Å²) in [6.07, 6.45) is 0.539. The molecule has 0 amide bonds. The lowest BCUT2D eigenvalue weighted by Gasteiger charge is -2.09. The van der Waals surface area contributed by atoms with Crippen LogP contribution in [-0.2, 0) is 6.42 Å². The number of nitrogens with two attached hydrogens (primary N) is 1. The molecule has 0 atom stereocenters. The number of aromatic nitrogens is 3. The molecule has 0 spiro atoms. The van der Waals surface area contributed by atoms with Gasteiger partial charge in [0.25, 0.3) is 5.69 Å². The van der Waals surface area contributed by atoms with Crippen LogP contribution in [0, 0.1) is 10.1 Å². The summed E-state index contributed by atoms with van der Waals surface area (Å²) in [5, 5.41) is 11.3. The third kappa shape index (κ3) is 3.30. The number of nitrogen functional groups attached to an aromatic ring is 1. The van der Waals surface area contributed by atoms with Crippen LogP contribution in [0.15, 0.2) is 66.7 Å². The highest BCUT2D eigenvalue weighted by molar-refractivity contribution is 5.82. The fourth-order valence-electron chi connectivity index (χ4n) is 3.01. The molecule has 2 aromatic heterocycles. The van der Waals surface area contributed by atoms with E-state index in [0.29, 0.717) is 34.4 Å². The van der Waals surface area contributed by atoms with Gasteiger partial charge in [-0.25, -0.2) is 15.0 Å². The fourth-order valence-corrected chi connectivity index (χ4v) is 3.01. The number of hydrogen-bond acceptors (Lipinski definition) is 6. The molecule has 132 valence electrons. The second-order valence-corrected chi connectivity index (χ2v) is 6.03. The van der Waals surface area contributed by atoms with Gasteiger partial charge in [0.2, 0.25) is 5.95 Å². The second-order valence-electron chi connectivity index (χ2n) is 6.03. The molecule has 2 N–H and O–H groups in total. The zero-order valence-electron chi connectivity index (χ0n) is 14.2. The third-order valence-electron chi connectivity index (χ3n) is 4.22. The number of hydrogen-bond donors (Lipinski definition) is 1. The quantitative estimate of drug-likeness (QED) is 0.440. The van der Waals surface area contributed by atoms with Crippen molar-refractivity contribution in [1.82, 2.24) is 15.0 Å². The van der Waals surface area contributed by atoms with Gasteiger partial charge in [0.15, 0.2) is 0 Å². The first-order valence-corrected chi connectivity index (χ1v) is 8.32. The monoisotopic (exact) mass is 357 g/mol. The molecule has 0 aliphatic carbocycles. The van der Waals surface area contributed by atoms with Gasteiger partial charge in [0.1, 0.15) is 5.52 Å². The summed E-state index contributed by atoms with van der Waals surface area (Å²) in [5.74, 6) is 0.175. The van der Waals surface area contributed by atoms with Crippen molar-refractivity contribution in [1.29, 1.82) is 0 Å². The van der Waals surface area contributed by atoms with Gasteiger partial charge in [-0.2, -0.15) is 0 Å². The van der Waals surface area contributed by atoms with Gasteiger partial charge < -0.3 is 5.73 Å². The summed E-state index contributed by atoms with van der Waals surface area (Å²) < 4.78 is 0. The Morgan fingerprint density at radius 2 is 1.63 bits per heavy atom. The molecule has 0 unspecified atom stereocenters. The molecule has 0 saturated carbocycles. The highest BCUT2D eigenvalue weighted by atomic mass is 16.6. The molecule has 0 aliphatic heterocycles. The first-order valence-electron chi connectivity index (χ1n) is 8.32. The van der Waals surface area contributed by atoms with Gasteiger partial charge in [0.05, 0.1) is 27.4 Å². The summed E-state index contributed by atoms with van der Waals surface area (Å²) in [7, 11) is 0. The predicted octanol–water partition coefficient (Wildman–Crippen LogP) is 3.77. The maximum absolute atomic E-state index is 11.3. The SMILES string of the molecule is Nc1nc(Cc2ccccc2)c2nc(-c3ccccc3[N+](=O)[O-])ccc2n1. The van der Waals surface area contributed by atoms with E-state index in [4.69, 9.17) is 5.73 Å². The average molecular weight is 357 g/mol. The predicted molar refractivity (Wildman–Crippen MR) is 103 cm³/mol. The van der Waals surface area contributed by atoms with E-state index < -0.39 is 4.92 Å². The highest BCUT2D eigenvalue weighted by Crippen LogP contribution is 2.30. The molecule has 7 heteroatoms. The molecule has 0 bridgehead atoms. The summed E-state index contributed by atoms with van der Waals surface area (Å²) in [6.45, 7) is 0. The lowest BCUT2D eigenvalue weighted by Crippen LogP contribution is -2.04. The van der Waals surface area contributed by atoms with Crippen LogP contribution in [0.2, 0.25) is 0 Å². The Morgan fingerprint density at radius 3 is 2.41 bits per heavy atom. The molecule has 4 rings (SSSR count). The van der Waals surface area contributed by atoms with Crippen LogP contribution in [0.1, 0.15) is 11.3 Å². The van der Waals surface area contributed by atoms with Crippen LogP contribution in [0.4, 0.5) is 11.6 Å². The molecule has 0 fully saturated rings. The number of benzene rings is 2. The average Bonchev–Trinajstić information content (AvgIpc) is 2.68. The van der Waals surface area contributed by atoms with Crippen LogP contribution >= 0.6 is 0 Å². The van der Waals surface area contributed by atoms with Gasteiger partial charge in [-0.3, -0.25) is 10.1 Å². The van der Waals surface area contributed by atoms with E-state index in [2.05, 4.69) is 15.0 Å². The largest absolute Gasteiger partial charge is 0.368 e. The van der Waals surface area contributed by atoms with Crippen LogP contribution in [-0.4, -0.2) is 19.9 Å². The zero-order chi connectivity index (χ0) is 18.8. The summed E-state index contributed by atoms with van der Waals surface area (Å²) in [4.78, 5) is 24.2. The number of rotatable bonds is 4. The van der Waals surface area contributed by atoms with Crippen molar-refractivity contribution in [3.8, 4) is 11.3 Å². The van der Waals surface area contributed by atoms with Crippen molar-refractivity contribution < 1.29 is 4.92 Å². The first kappa shape index (κ1) is 16.6. The van der Waals surface area contributed by atoms with Crippen LogP contribution in [0.25, 0.3) is 22.3 Å². The van der Waals surface area contributed by atoms with Gasteiger partial charge >= 0.3 is 0 Å². The Balaban J connectivity index is 1.88. The van der Waals surface area contributed by atoms with Crippen molar-refractivity contribution >= 4 is 22.7 Å². The van der Waals surface area contributed by atoms with Crippen LogP contribution < -0.4 is 5.73 Å². The number of fused-ring (bicyclic) bond motifs is 1. The number of pyridine rings is 1. The molecular formula is C20H15N5O2. The number of para-hydroxylation sites is 1. The van der Waals surface area contributed by atoms with E-state index in [9.17, 15) is 10.1 Å². The number of nitro groups is 1. The topological polar surface area (TPSA) is 108 Å². The van der Waals surface area contributed by atoms with Crippen molar-refractivity contribution in [3.05, 3.63) is 88.1 Å². The van der Waals surface area contributed by atoms with Gasteiger partial charge in [-0.15, -0.1) is 0 Å². The highest BCUT2D eigenvalue weighted by Gasteiger charge is 2.17. The normalized spacial score (nSPS) is 10.8. The lowest BCUT2D eigenvalue weighted by atomic mass is 10.1. The molecule has 0 radical (unpaired) electrons. The van der Waals surface area contributed by atoms with Crippen molar-refractivity contribution in [2.75, 3.05) is 5.73 Å². The van der Waals surface area contributed by atoms with E-state index >= 15 is 0 Å². The number of nitrogens with zero attached hydrogens (tertiary/aromatic N) is 4. The molecular weight excluding hydrogens is 342 g/mol. The van der Waals surface area contributed by atoms with Crippen LogP contribution in [0.5, 0.6) is 0 Å². The van der Waals surface area contributed by atoms with Crippen molar-refractivity contribution in [2.45, 2.75) is 6.42 Å². The fraction of sp³-hybridized carbons (Fsp3) is 0.0500. The standard InChI is InChI=1S/C20H15N5O2/c21-20-23-16-11-10-15(14-8-4-5-9-18(14)25(26)27)22-19(16)17(24-20)12-13-6-2-1-3-7-13/h1-11H,12H2,(H2,21,23,24). The minimum atomic E-state index is -0.411. The maximum atomic E-state index is 11.3. The van der Waals surface area contributed by atoms with E-state index in [0.717, 1.165) is 5.56 Å². The molecule has 2 heterocycles. The molecule has 0 saturated heterocycles. The lowest BCUT2D eigenvalue weighted by molar-refractivity contribution is -0.384. The molecule has 2 aromatic carbocycles. The van der Waals surface area contributed by atoms with Crippen LogP contribution in [0.3, 0.4) is 0 Å². The summed E-state index contributed by atoms with van der Waals surface area (Å²) >= 11 is 0. The Kier molecular flexibility index (Phi) is 4.18. The van der Waals surface area contributed by atoms with E-state index in [1.807, 2.05) is 30.3 Å².